The summed E-state index contributed by atoms with van der Waals surface area (Å²) in [5, 5.41) is 80.5. The Bertz CT molecular complexity index is 1450. The minimum absolute atomic E-state index is 0.170. The number of hydrogen-bond acceptors (Lipinski definition) is 15. The van der Waals surface area contributed by atoms with Crippen LogP contribution in [-0.4, -0.2) is 116 Å². The first-order chi connectivity index (χ1) is 20.0. The maximum atomic E-state index is 13.7. The number of methoxy groups -OCH3 is 1. The lowest BCUT2D eigenvalue weighted by Gasteiger charge is -2.39. The zero-order chi connectivity index (χ0) is 30.3. The second-order valence-electron chi connectivity index (χ2n) is 9.82. The Balaban J connectivity index is 1.57. The van der Waals surface area contributed by atoms with Crippen LogP contribution in [0.4, 0.5) is 0 Å². The second kappa shape index (κ2) is 12.0. The molecule has 0 unspecified atom stereocenters. The molecule has 5 rings (SSSR count). The van der Waals surface area contributed by atoms with Gasteiger partial charge >= 0.3 is 0 Å². The number of ether oxygens (including phenoxy) is 5. The summed E-state index contributed by atoms with van der Waals surface area (Å²) >= 11 is 0. The quantitative estimate of drug-likeness (QED) is 0.150. The van der Waals surface area contributed by atoms with E-state index >= 15 is 0 Å². The molecule has 2 aliphatic heterocycles. The molecule has 0 aliphatic carbocycles. The zero-order valence-corrected chi connectivity index (χ0v) is 22.0. The predicted octanol–water partition coefficient (Wildman–Crippen LogP) is -1.83. The molecule has 0 radical (unpaired) electrons. The van der Waals surface area contributed by atoms with Gasteiger partial charge in [0.1, 0.15) is 70.9 Å². The van der Waals surface area contributed by atoms with Crippen molar-refractivity contribution in [3.63, 3.8) is 0 Å². The van der Waals surface area contributed by atoms with E-state index in [1.165, 1.54) is 13.2 Å². The number of fused-ring (bicyclic) bond motifs is 1. The maximum Gasteiger partial charge on any atom is 0.239 e. The van der Waals surface area contributed by atoms with Gasteiger partial charge in [-0.3, -0.25) is 4.79 Å². The summed E-state index contributed by atoms with van der Waals surface area (Å²) in [5.41, 5.74) is -0.802. The highest BCUT2D eigenvalue weighted by Gasteiger charge is 2.45. The maximum absolute atomic E-state index is 13.7. The largest absolute Gasteiger partial charge is 0.507 e. The van der Waals surface area contributed by atoms with Gasteiger partial charge in [-0.1, -0.05) is 0 Å². The molecular weight excluding hydrogens is 564 g/mol. The molecule has 1 aromatic heterocycles. The molecule has 15 nitrogen and oxygen atoms in total. The summed E-state index contributed by atoms with van der Waals surface area (Å²) in [6.07, 6.45) is -14.3. The molecule has 2 aliphatic rings. The number of rotatable bonds is 7. The molecule has 0 saturated carbocycles. The topological polar surface area (TPSA) is 238 Å². The van der Waals surface area contributed by atoms with Gasteiger partial charge in [-0.05, 0) is 24.3 Å². The fraction of sp³-hybridized carbons (Fsp3) is 0.444. The van der Waals surface area contributed by atoms with E-state index in [4.69, 9.17) is 28.1 Å². The first-order valence-electron chi connectivity index (χ1n) is 12.8. The van der Waals surface area contributed by atoms with Gasteiger partial charge in [0.2, 0.25) is 23.8 Å². The van der Waals surface area contributed by atoms with Crippen LogP contribution in [0.15, 0.2) is 45.6 Å². The molecule has 9 atom stereocenters. The van der Waals surface area contributed by atoms with Crippen LogP contribution in [0.3, 0.4) is 0 Å². The van der Waals surface area contributed by atoms with E-state index in [9.17, 15) is 45.6 Å². The molecule has 2 saturated heterocycles. The molecule has 0 spiro atoms. The summed E-state index contributed by atoms with van der Waals surface area (Å²) in [5.74, 6) is -0.993. The van der Waals surface area contributed by atoms with Crippen molar-refractivity contribution in [3.8, 4) is 34.3 Å². The molecular formula is C27H30O15. The molecule has 3 aromatic rings. The summed E-state index contributed by atoms with van der Waals surface area (Å²) in [6.45, 7) is -1.09. The highest BCUT2D eigenvalue weighted by Crippen LogP contribution is 2.38. The second-order valence-corrected chi connectivity index (χ2v) is 9.82. The minimum Gasteiger partial charge on any atom is -0.507 e. The van der Waals surface area contributed by atoms with Crippen LogP contribution in [0.1, 0.15) is 0 Å². The molecule has 15 heteroatoms. The van der Waals surface area contributed by atoms with E-state index in [2.05, 4.69) is 0 Å². The van der Waals surface area contributed by atoms with E-state index in [1.54, 1.807) is 24.3 Å². The molecule has 2 fully saturated rings. The van der Waals surface area contributed by atoms with Crippen LogP contribution in [0.5, 0.6) is 23.0 Å². The fourth-order valence-electron chi connectivity index (χ4n) is 4.66. The standard InChI is InChI=1S/C27H30O15/c1-37-11-4-2-10(3-5-11)24-25(42-26-22(35)18(31)14(30)9-38-26)20(33)17-13(29)6-12(7-15(17)40-24)39-27-23(36)21(34)19(32)16(8-28)41-27/h2-7,14,16,18-19,21-23,26-32,34-36H,8-9H2,1H3/t14-,16+,18-,19+,21-,22+,23+,26-,27+/m0/s1. The third kappa shape index (κ3) is 5.49. The van der Waals surface area contributed by atoms with E-state index in [1.807, 2.05) is 0 Å². The van der Waals surface area contributed by atoms with Gasteiger partial charge in [0.05, 0.1) is 20.3 Å². The van der Waals surface area contributed by atoms with Gasteiger partial charge < -0.3 is 69.0 Å². The molecule has 2 aromatic carbocycles. The van der Waals surface area contributed by atoms with Crippen molar-refractivity contribution in [2.75, 3.05) is 20.3 Å². The fourth-order valence-corrected chi connectivity index (χ4v) is 4.66. The van der Waals surface area contributed by atoms with Gasteiger partial charge in [0.15, 0.2) is 5.76 Å². The van der Waals surface area contributed by atoms with Crippen molar-refractivity contribution >= 4 is 11.0 Å². The minimum atomic E-state index is -1.74. The van der Waals surface area contributed by atoms with Crippen molar-refractivity contribution in [2.24, 2.45) is 0 Å². The number of aliphatic hydroxyl groups excluding tert-OH is 7. The van der Waals surface area contributed by atoms with Crippen LogP contribution in [-0.2, 0) is 9.47 Å². The Hall–Kier alpha value is -3.51. The smallest absolute Gasteiger partial charge is 0.239 e. The Morgan fingerprint density at radius 2 is 1.55 bits per heavy atom. The number of phenolic OH excluding ortho intramolecular Hbond substituents is 1. The van der Waals surface area contributed by atoms with E-state index in [-0.39, 0.29) is 22.5 Å². The van der Waals surface area contributed by atoms with Crippen LogP contribution in [0.2, 0.25) is 0 Å². The first-order valence-corrected chi connectivity index (χ1v) is 12.8. The van der Waals surface area contributed by atoms with Crippen molar-refractivity contribution in [2.45, 2.75) is 55.3 Å². The van der Waals surface area contributed by atoms with Gasteiger partial charge in [0.25, 0.3) is 0 Å². The number of hydrogen-bond donors (Lipinski definition) is 8. The Labute approximate surface area is 236 Å². The third-order valence-corrected chi connectivity index (χ3v) is 7.05. The van der Waals surface area contributed by atoms with Gasteiger partial charge in [-0.2, -0.15) is 0 Å². The van der Waals surface area contributed by atoms with Crippen LogP contribution >= 0.6 is 0 Å². The van der Waals surface area contributed by atoms with E-state index < -0.39 is 85.4 Å². The summed E-state index contributed by atoms with van der Waals surface area (Å²) in [4.78, 5) is 13.7. The van der Waals surface area contributed by atoms with Crippen molar-refractivity contribution in [1.82, 2.24) is 0 Å². The average Bonchev–Trinajstić information content (AvgIpc) is 2.98. The highest BCUT2D eigenvalue weighted by atomic mass is 16.7. The monoisotopic (exact) mass is 594 g/mol. The van der Waals surface area contributed by atoms with Crippen LogP contribution in [0.25, 0.3) is 22.3 Å². The van der Waals surface area contributed by atoms with Crippen molar-refractivity contribution in [3.05, 3.63) is 46.6 Å². The van der Waals surface area contributed by atoms with E-state index in [0.29, 0.717) is 11.3 Å². The van der Waals surface area contributed by atoms with Crippen LogP contribution in [0, 0.1) is 0 Å². The SMILES string of the molecule is COc1ccc(-c2oc3cc(O[C@@H]4O[C@H](CO)[C@@H](O)[C@H](O)[C@H]4O)cc(O)c3c(=O)c2O[C@@H]2OC[C@H](O)[C@H](O)[C@H]2O)cc1. The lowest BCUT2D eigenvalue weighted by Crippen LogP contribution is -2.60. The van der Waals surface area contributed by atoms with Gasteiger partial charge in [-0.25, -0.2) is 0 Å². The summed E-state index contributed by atoms with van der Waals surface area (Å²) < 4.78 is 33.1. The van der Waals surface area contributed by atoms with Crippen molar-refractivity contribution < 1.29 is 69.0 Å². The Morgan fingerprint density at radius 3 is 2.21 bits per heavy atom. The first kappa shape index (κ1) is 30.0. The van der Waals surface area contributed by atoms with Gasteiger partial charge in [-0.15, -0.1) is 0 Å². The lowest BCUT2D eigenvalue weighted by atomic mass is 9.99. The highest BCUT2D eigenvalue weighted by molar-refractivity contribution is 5.88. The number of aliphatic hydroxyl groups is 7. The number of benzene rings is 2. The third-order valence-electron chi connectivity index (χ3n) is 7.05. The summed E-state index contributed by atoms with van der Waals surface area (Å²) in [6, 6.07) is 8.43. The average molecular weight is 595 g/mol. The Kier molecular flexibility index (Phi) is 8.56. The number of aromatic hydroxyl groups is 1. The molecule has 0 amide bonds. The lowest BCUT2D eigenvalue weighted by molar-refractivity contribution is -0.277. The van der Waals surface area contributed by atoms with E-state index in [0.717, 1.165) is 6.07 Å². The molecule has 42 heavy (non-hydrogen) atoms. The molecule has 8 N–H and O–H groups in total. The molecule has 0 bridgehead atoms. The zero-order valence-electron chi connectivity index (χ0n) is 22.0. The van der Waals surface area contributed by atoms with Gasteiger partial charge in [0, 0.05) is 17.7 Å². The number of phenols is 1. The van der Waals surface area contributed by atoms with Crippen LogP contribution < -0.4 is 19.6 Å². The summed E-state index contributed by atoms with van der Waals surface area (Å²) in [7, 11) is 1.46. The molecule has 228 valence electrons. The predicted molar refractivity (Wildman–Crippen MR) is 139 cm³/mol. The Morgan fingerprint density at radius 1 is 0.857 bits per heavy atom. The van der Waals surface area contributed by atoms with Crippen molar-refractivity contribution in [1.29, 1.82) is 0 Å². The molecule has 3 heterocycles. The normalized spacial score (nSPS) is 31.6.